The zero-order valence-electron chi connectivity index (χ0n) is 10.2. The van der Waals surface area contributed by atoms with E-state index in [9.17, 15) is 9.59 Å². The number of nitrogen functional groups attached to an aromatic ring is 1. The molecule has 1 heterocycles. The Kier molecular flexibility index (Phi) is 3.61. The van der Waals surface area contributed by atoms with Gasteiger partial charge in [0.15, 0.2) is 0 Å². The van der Waals surface area contributed by atoms with E-state index in [2.05, 4.69) is 10.3 Å². The lowest BCUT2D eigenvalue weighted by molar-refractivity contribution is -0.117. The minimum absolute atomic E-state index is 0.103. The largest absolute Gasteiger partial charge is 0.383 e. The van der Waals surface area contributed by atoms with E-state index in [1.807, 2.05) is 12.1 Å². The number of benzene rings is 1. The molecule has 5 N–H and O–H groups in total. The first kappa shape index (κ1) is 12.8. The van der Waals surface area contributed by atoms with Crippen molar-refractivity contribution in [1.29, 1.82) is 0 Å². The molecule has 0 fully saturated rings. The number of nitrogens with two attached hydrogens (primary N) is 2. The molecule has 2 aromatic rings. The van der Waals surface area contributed by atoms with Crippen LogP contribution in [-0.4, -0.2) is 23.3 Å². The number of hydrogen-bond acceptors (Lipinski definition) is 4. The number of fused-ring (bicyclic) bond motifs is 1. The minimum atomic E-state index is -0.458. The van der Waals surface area contributed by atoms with Gasteiger partial charge in [0.2, 0.25) is 5.91 Å². The Balaban J connectivity index is 2.27. The predicted molar refractivity (Wildman–Crippen MR) is 72.3 cm³/mol. The monoisotopic (exact) mass is 258 g/mol. The van der Waals surface area contributed by atoms with Crippen molar-refractivity contribution in [2.75, 3.05) is 12.3 Å². The predicted octanol–water partition coefficient (Wildman–Crippen LogP) is 0.422. The Morgan fingerprint density at radius 2 is 1.89 bits per heavy atom. The molecule has 0 atom stereocenters. The van der Waals surface area contributed by atoms with Gasteiger partial charge in [-0.1, -0.05) is 24.3 Å². The van der Waals surface area contributed by atoms with Gasteiger partial charge in [0.25, 0.3) is 5.91 Å². The Bertz CT molecular complexity index is 640. The van der Waals surface area contributed by atoms with Crippen molar-refractivity contribution in [3.8, 4) is 0 Å². The fourth-order valence-corrected chi connectivity index (χ4v) is 1.79. The summed E-state index contributed by atoms with van der Waals surface area (Å²) in [5.74, 6) is -0.380. The number of rotatable bonds is 4. The molecule has 0 saturated heterocycles. The van der Waals surface area contributed by atoms with E-state index in [-0.39, 0.29) is 18.9 Å². The standard InChI is InChI=1S/C13H14N4O2/c14-11(18)5-6-16-13(19)10-7-17-12(15)9-4-2-1-3-8(9)10/h1-4,7H,5-6H2,(H2,14,18)(H2,15,17)(H,16,19). The SMILES string of the molecule is NC(=O)CCNC(=O)c1cnc(N)c2ccccc12. The van der Waals surface area contributed by atoms with Crippen molar-refractivity contribution >= 4 is 28.4 Å². The Morgan fingerprint density at radius 3 is 2.58 bits per heavy atom. The number of carbonyl (C=O) groups excluding carboxylic acids is 2. The van der Waals surface area contributed by atoms with Gasteiger partial charge in [0.05, 0.1) is 5.56 Å². The molecule has 0 bridgehead atoms. The van der Waals surface area contributed by atoms with Crippen LogP contribution in [0.3, 0.4) is 0 Å². The van der Waals surface area contributed by atoms with Crippen LogP contribution in [0.25, 0.3) is 10.8 Å². The number of primary amides is 1. The first-order valence-electron chi connectivity index (χ1n) is 5.79. The summed E-state index contributed by atoms with van der Waals surface area (Å²) in [5, 5.41) is 4.08. The summed E-state index contributed by atoms with van der Waals surface area (Å²) in [4.78, 5) is 26.6. The molecule has 0 aliphatic carbocycles. The maximum atomic E-state index is 12.0. The first-order chi connectivity index (χ1) is 9.09. The number of nitrogens with zero attached hydrogens (tertiary/aromatic N) is 1. The van der Waals surface area contributed by atoms with E-state index >= 15 is 0 Å². The third-order valence-electron chi connectivity index (χ3n) is 2.73. The van der Waals surface area contributed by atoms with Crippen LogP contribution in [0.5, 0.6) is 0 Å². The van der Waals surface area contributed by atoms with Crippen LogP contribution in [-0.2, 0) is 4.79 Å². The molecule has 0 aliphatic heterocycles. The van der Waals surface area contributed by atoms with E-state index in [0.717, 1.165) is 10.8 Å². The summed E-state index contributed by atoms with van der Waals surface area (Å²) in [6.45, 7) is 0.201. The Labute approximate surface area is 109 Å². The smallest absolute Gasteiger partial charge is 0.253 e. The Hall–Kier alpha value is -2.63. The number of anilines is 1. The molecule has 2 amide bonds. The molecule has 2 rings (SSSR count). The lowest BCUT2D eigenvalue weighted by atomic mass is 10.1. The molecule has 0 saturated carbocycles. The van der Waals surface area contributed by atoms with Crippen LogP contribution in [0, 0.1) is 0 Å². The molecular weight excluding hydrogens is 244 g/mol. The van der Waals surface area contributed by atoms with E-state index in [1.54, 1.807) is 12.1 Å². The maximum Gasteiger partial charge on any atom is 0.253 e. The average molecular weight is 258 g/mol. The van der Waals surface area contributed by atoms with Gasteiger partial charge in [0, 0.05) is 24.5 Å². The molecule has 1 aromatic carbocycles. The highest BCUT2D eigenvalue weighted by molar-refractivity contribution is 6.08. The third kappa shape index (κ3) is 2.79. The number of aromatic nitrogens is 1. The van der Waals surface area contributed by atoms with Crippen molar-refractivity contribution in [2.24, 2.45) is 5.73 Å². The van der Waals surface area contributed by atoms with Crippen LogP contribution < -0.4 is 16.8 Å². The van der Waals surface area contributed by atoms with Crippen LogP contribution in [0.1, 0.15) is 16.8 Å². The van der Waals surface area contributed by atoms with Gasteiger partial charge < -0.3 is 16.8 Å². The van der Waals surface area contributed by atoms with Gasteiger partial charge in [-0.3, -0.25) is 9.59 Å². The molecule has 98 valence electrons. The summed E-state index contributed by atoms with van der Waals surface area (Å²) in [5.41, 5.74) is 11.2. The first-order valence-corrected chi connectivity index (χ1v) is 5.79. The molecule has 0 unspecified atom stereocenters. The van der Waals surface area contributed by atoms with Crippen molar-refractivity contribution in [3.63, 3.8) is 0 Å². The summed E-state index contributed by atoms with van der Waals surface area (Å²) in [6.07, 6.45) is 1.53. The van der Waals surface area contributed by atoms with Crippen molar-refractivity contribution in [2.45, 2.75) is 6.42 Å². The second-order valence-corrected chi connectivity index (χ2v) is 4.07. The van der Waals surface area contributed by atoms with Gasteiger partial charge in [-0.25, -0.2) is 4.98 Å². The normalized spacial score (nSPS) is 10.3. The molecular formula is C13H14N4O2. The average Bonchev–Trinajstić information content (AvgIpc) is 2.39. The van der Waals surface area contributed by atoms with Gasteiger partial charge in [-0.05, 0) is 5.39 Å². The van der Waals surface area contributed by atoms with Crippen LogP contribution in [0.4, 0.5) is 5.82 Å². The summed E-state index contributed by atoms with van der Waals surface area (Å²) in [6, 6.07) is 7.26. The summed E-state index contributed by atoms with van der Waals surface area (Å²) in [7, 11) is 0. The molecule has 0 radical (unpaired) electrons. The lowest BCUT2D eigenvalue weighted by Gasteiger charge is -2.08. The number of pyridine rings is 1. The molecule has 6 nitrogen and oxygen atoms in total. The second-order valence-electron chi connectivity index (χ2n) is 4.07. The lowest BCUT2D eigenvalue weighted by Crippen LogP contribution is -2.28. The zero-order valence-corrected chi connectivity index (χ0v) is 10.2. The van der Waals surface area contributed by atoms with Gasteiger partial charge in [-0.2, -0.15) is 0 Å². The van der Waals surface area contributed by atoms with Crippen molar-refractivity contribution in [1.82, 2.24) is 10.3 Å². The van der Waals surface area contributed by atoms with Crippen LogP contribution >= 0.6 is 0 Å². The topological polar surface area (TPSA) is 111 Å². The number of nitrogens with one attached hydrogen (secondary N) is 1. The zero-order chi connectivity index (χ0) is 13.8. The molecule has 0 spiro atoms. The minimum Gasteiger partial charge on any atom is -0.383 e. The fourth-order valence-electron chi connectivity index (χ4n) is 1.79. The molecule has 1 aromatic heterocycles. The highest BCUT2D eigenvalue weighted by Gasteiger charge is 2.12. The quantitative estimate of drug-likeness (QED) is 0.738. The van der Waals surface area contributed by atoms with Crippen molar-refractivity contribution in [3.05, 3.63) is 36.0 Å². The van der Waals surface area contributed by atoms with Gasteiger partial charge in [0.1, 0.15) is 5.82 Å². The third-order valence-corrected chi connectivity index (χ3v) is 2.73. The number of hydrogen-bond donors (Lipinski definition) is 3. The van der Waals surface area contributed by atoms with E-state index < -0.39 is 5.91 Å². The highest BCUT2D eigenvalue weighted by atomic mass is 16.2. The molecule has 0 aliphatic rings. The van der Waals surface area contributed by atoms with E-state index in [1.165, 1.54) is 6.20 Å². The van der Waals surface area contributed by atoms with Gasteiger partial charge >= 0.3 is 0 Å². The number of amides is 2. The fraction of sp³-hybridized carbons (Fsp3) is 0.154. The van der Waals surface area contributed by atoms with Gasteiger partial charge in [-0.15, -0.1) is 0 Å². The highest BCUT2D eigenvalue weighted by Crippen LogP contribution is 2.22. The second kappa shape index (κ2) is 5.34. The molecule has 6 heteroatoms. The Morgan fingerprint density at radius 1 is 1.21 bits per heavy atom. The van der Waals surface area contributed by atoms with Crippen LogP contribution in [0.15, 0.2) is 30.5 Å². The van der Waals surface area contributed by atoms with Crippen LogP contribution in [0.2, 0.25) is 0 Å². The number of carbonyl (C=O) groups is 2. The molecule has 19 heavy (non-hydrogen) atoms. The maximum absolute atomic E-state index is 12.0. The van der Waals surface area contributed by atoms with E-state index in [0.29, 0.717) is 11.4 Å². The summed E-state index contributed by atoms with van der Waals surface area (Å²) < 4.78 is 0. The van der Waals surface area contributed by atoms with E-state index in [4.69, 9.17) is 11.5 Å². The summed E-state index contributed by atoms with van der Waals surface area (Å²) >= 11 is 0. The van der Waals surface area contributed by atoms with Crippen molar-refractivity contribution < 1.29 is 9.59 Å².